The van der Waals surface area contributed by atoms with Crippen LogP contribution < -0.4 is 10.6 Å². The van der Waals surface area contributed by atoms with E-state index in [-0.39, 0.29) is 17.7 Å². The molecule has 3 rings (SSSR count). The number of carbonyl (C=O) groups is 2. The van der Waals surface area contributed by atoms with Crippen molar-refractivity contribution < 1.29 is 9.59 Å². The van der Waals surface area contributed by atoms with E-state index < -0.39 is 6.04 Å². The maximum absolute atomic E-state index is 12.7. The Bertz CT molecular complexity index is 964. The molecule has 2 N–H and O–H groups in total. The van der Waals surface area contributed by atoms with Gasteiger partial charge in [0.2, 0.25) is 5.91 Å². The SMILES string of the molecule is CC(=O)c1ccc(NC(=O)[C@@H](C)N[C@@H](c2ccccc2)c2ccc(C)cc2)cc1. The number of ketones is 1. The van der Waals surface area contributed by atoms with E-state index in [0.717, 1.165) is 11.1 Å². The minimum absolute atomic E-state index is 0.00159. The fourth-order valence-corrected chi connectivity index (χ4v) is 3.15. The molecule has 2 atom stereocenters. The largest absolute Gasteiger partial charge is 0.325 e. The third kappa shape index (κ3) is 5.39. The molecule has 3 aromatic rings. The number of nitrogens with one attached hydrogen (secondary N) is 2. The number of rotatable bonds is 7. The van der Waals surface area contributed by atoms with Crippen molar-refractivity contribution in [2.45, 2.75) is 32.9 Å². The first-order valence-corrected chi connectivity index (χ1v) is 9.73. The molecule has 0 aliphatic carbocycles. The lowest BCUT2D eigenvalue weighted by atomic mass is 9.97. The number of benzene rings is 3. The number of carbonyl (C=O) groups excluding carboxylic acids is 2. The maximum atomic E-state index is 12.7. The van der Waals surface area contributed by atoms with Crippen LogP contribution in [0.15, 0.2) is 78.9 Å². The van der Waals surface area contributed by atoms with E-state index in [1.165, 1.54) is 12.5 Å². The molecule has 4 nitrogen and oxygen atoms in total. The Labute approximate surface area is 172 Å². The molecular weight excluding hydrogens is 360 g/mol. The van der Waals surface area contributed by atoms with Gasteiger partial charge in [0.1, 0.15) is 0 Å². The summed E-state index contributed by atoms with van der Waals surface area (Å²) in [5.74, 6) is -0.129. The number of amides is 1. The summed E-state index contributed by atoms with van der Waals surface area (Å²) in [5.41, 5.74) is 4.69. The topological polar surface area (TPSA) is 58.2 Å². The number of hydrogen-bond donors (Lipinski definition) is 2. The highest BCUT2D eigenvalue weighted by molar-refractivity contribution is 5.97. The molecule has 148 valence electrons. The summed E-state index contributed by atoms with van der Waals surface area (Å²) in [6, 6.07) is 24.8. The Morgan fingerprint density at radius 3 is 1.97 bits per heavy atom. The van der Waals surface area contributed by atoms with E-state index in [0.29, 0.717) is 11.3 Å². The third-order valence-corrected chi connectivity index (χ3v) is 4.91. The van der Waals surface area contributed by atoms with Crippen LogP contribution >= 0.6 is 0 Å². The van der Waals surface area contributed by atoms with Gasteiger partial charge in [-0.25, -0.2) is 0 Å². The van der Waals surface area contributed by atoms with Crippen LogP contribution in [0.3, 0.4) is 0 Å². The lowest BCUT2D eigenvalue weighted by Gasteiger charge is -2.24. The molecule has 0 fully saturated rings. The van der Waals surface area contributed by atoms with Gasteiger partial charge in [-0.1, -0.05) is 60.2 Å². The maximum Gasteiger partial charge on any atom is 0.241 e. The van der Waals surface area contributed by atoms with Crippen molar-refractivity contribution in [1.29, 1.82) is 0 Å². The molecule has 0 saturated carbocycles. The van der Waals surface area contributed by atoms with Crippen LogP contribution in [-0.4, -0.2) is 17.7 Å². The van der Waals surface area contributed by atoms with Crippen LogP contribution in [0, 0.1) is 6.92 Å². The number of Topliss-reactive ketones (excluding diaryl/α,β-unsaturated/α-hetero) is 1. The first-order chi connectivity index (χ1) is 13.9. The molecular formula is C25H26N2O2. The zero-order valence-electron chi connectivity index (χ0n) is 17.0. The van der Waals surface area contributed by atoms with Gasteiger partial charge in [-0.2, -0.15) is 0 Å². The van der Waals surface area contributed by atoms with Crippen molar-refractivity contribution in [2.75, 3.05) is 5.32 Å². The summed E-state index contributed by atoms with van der Waals surface area (Å²) < 4.78 is 0. The normalized spacial score (nSPS) is 12.8. The van der Waals surface area contributed by atoms with Gasteiger partial charge >= 0.3 is 0 Å². The van der Waals surface area contributed by atoms with E-state index in [4.69, 9.17) is 0 Å². The molecule has 0 unspecified atom stereocenters. The highest BCUT2D eigenvalue weighted by Gasteiger charge is 2.21. The number of aryl methyl sites for hydroxylation is 1. The second-order valence-corrected chi connectivity index (χ2v) is 7.27. The van der Waals surface area contributed by atoms with Crippen LogP contribution in [0.2, 0.25) is 0 Å². The Kier molecular flexibility index (Phi) is 6.57. The fraction of sp³-hybridized carbons (Fsp3) is 0.200. The van der Waals surface area contributed by atoms with Crippen molar-refractivity contribution in [3.63, 3.8) is 0 Å². The van der Waals surface area contributed by atoms with E-state index in [2.05, 4.69) is 54.0 Å². The summed E-state index contributed by atoms with van der Waals surface area (Å²) in [6.07, 6.45) is 0. The van der Waals surface area contributed by atoms with E-state index in [1.807, 2.05) is 25.1 Å². The Morgan fingerprint density at radius 2 is 1.38 bits per heavy atom. The van der Waals surface area contributed by atoms with Gasteiger partial charge in [-0.3, -0.25) is 14.9 Å². The van der Waals surface area contributed by atoms with Crippen LogP contribution in [0.1, 0.15) is 46.9 Å². The van der Waals surface area contributed by atoms with Gasteiger partial charge in [-0.05, 0) is 56.2 Å². The first-order valence-electron chi connectivity index (χ1n) is 9.73. The Balaban J connectivity index is 1.75. The highest BCUT2D eigenvalue weighted by Crippen LogP contribution is 2.23. The van der Waals surface area contributed by atoms with E-state index >= 15 is 0 Å². The minimum Gasteiger partial charge on any atom is -0.325 e. The molecule has 0 saturated heterocycles. The molecule has 0 spiro atoms. The van der Waals surface area contributed by atoms with Gasteiger partial charge in [0.25, 0.3) is 0 Å². The molecule has 1 amide bonds. The third-order valence-electron chi connectivity index (χ3n) is 4.91. The second-order valence-electron chi connectivity index (χ2n) is 7.27. The Morgan fingerprint density at radius 1 is 0.793 bits per heavy atom. The summed E-state index contributed by atoms with van der Waals surface area (Å²) in [7, 11) is 0. The van der Waals surface area contributed by atoms with E-state index in [1.54, 1.807) is 24.3 Å². The van der Waals surface area contributed by atoms with Crippen LogP contribution in [-0.2, 0) is 4.79 Å². The lowest BCUT2D eigenvalue weighted by molar-refractivity contribution is -0.117. The Hall–Kier alpha value is -3.24. The van der Waals surface area contributed by atoms with Crippen molar-refractivity contribution in [3.05, 3.63) is 101 Å². The number of hydrogen-bond acceptors (Lipinski definition) is 3. The molecule has 0 radical (unpaired) electrons. The zero-order chi connectivity index (χ0) is 20.8. The molecule has 0 heterocycles. The second kappa shape index (κ2) is 9.30. The molecule has 0 aromatic heterocycles. The van der Waals surface area contributed by atoms with Crippen molar-refractivity contribution in [1.82, 2.24) is 5.32 Å². The molecule has 29 heavy (non-hydrogen) atoms. The predicted octanol–water partition coefficient (Wildman–Crippen LogP) is 4.90. The van der Waals surface area contributed by atoms with Gasteiger partial charge < -0.3 is 5.32 Å². The number of anilines is 1. The van der Waals surface area contributed by atoms with Gasteiger partial charge in [0.15, 0.2) is 5.78 Å². The molecule has 0 aliphatic heterocycles. The van der Waals surface area contributed by atoms with Crippen molar-refractivity contribution in [2.24, 2.45) is 0 Å². The molecule has 3 aromatic carbocycles. The smallest absolute Gasteiger partial charge is 0.241 e. The average molecular weight is 386 g/mol. The molecule has 0 bridgehead atoms. The minimum atomic E-state index is -0.422. The average Bonchev–Trinajstić information content (AvgIpc) is 2.73. The summed E-state index contributed by atoms with van der Waals surface area (Å²) >= 11 is 0. The van der Waals surface area contributed by atoms with Crippen LogP contribution in [0.25, 0.3) is 0 Å². The van der Waals surface area contributed by atoms with Gasteiger partial charge in [0, 0.05) is 11.3 Å². The highest BCUT2D eigenvalue weighted by atomic mass is 16.2. The van der Waals surface area contributed by atoms with Gasteiger partial charge in [0.05, 0.1) is 12.1 Å². The van der Waals surface area contributed by atoms with Crippen molar-refractivity contribution in [3.8, 4) is 0 Å². The van der Waals surface area contributed by atoms with Gasteiger partial charge in [-0.15, -0.1) is 0 Å². The fourth-order valence-electron chi connectivity index (χ4n) is 3.15. The van der Waals surface area contributed by atoms with Crippen LogP contribution in [0.5, 0.6) is 0 Å². The summed E-state index contributed by atoms with van der Waals surface area (Å²) in [4.78, 5) is 24.1. The van der Waals surface area contributed by atoms with Crippen LogP contribution in [0.4, 0.5) is 5.69 Å². The summed E-state index contributed by atoms with van der Waals surface area (Å²) in [5, 5.41) is 6.36. The first kappa shape index (κ1) is 20.5. The van der Waals surface area contributed by atoms with Crippen molar-refractivity contribution >= 4 is 17.4 Å². The quantitative estimate of drug-likeness (QED) is 0.568. The summed E-state index contributed by atoms with van der Waals surface area (Å²) in [6.45, 7) is 5.43. The lowest BCUT2D eigenvalue weighted by Crippen LogP contribution is -2.40. The standard InChI is InChI=1S/C25H26N2O2/c1-17-9-11-22(12-10-17)24(21-7-5-4-6-8-21)26-18(2)25(29)27-23-15-13-20(14-16-23)19(3)28/h4-16,18,24,26H,1-3H3,(H,27,29)/t18-,24+/m1/s1. The molecule has 0 aliphatic rings. The predicted molar refractivity (Wildman–Crippen MR) is 117 cm³/mol. The monoisotopic (exact) mass is 386 g/mol. The zero-order valence-corrected chi connectivity index (χ0v) is 17.0. The molecule has 4 heteroatoms. The van der Waals surface area contributed by atoms with E-state index in [9.17, 15) is 9.59 Å².